The van der Waals surface area contributed by atoms with Crippen LogP contribution in [0.1, 0.15) is 23.0 Å². The van der Waals surface area contributed by atoms with Crippen molar-refractivity contribution >= 4 is 21.8 Å². The summed E-state index contributed by atoms with van der Waals surface area (Å²) in [5.74, 6) is 0. The normalized spacial score (nSPS) is 29.2. The second-order valence-electron chi connectivity index (χ2n) is 7.01. The van der Waals surface area contributed by atoms with Crippen LogP contribution >= 0.6 is 16.1 Å². The second kappa shape index (κ2) is 5.75. The predicted octanol–water partition coefficient (Wildman–Crippen LogP) is 2.05. The minimum absolute atomic E-state index is 0.257. The molecule has 25 heavy (non-hydrogen) atoms. The van der Waals surface area contributed by atoms with Gasteiger partial charge in [0.05, 0.1) is 18.5 Å². The van der Waals surface area contributed by atoms with E-state index in [1.807, 2.05) is 16.3 Å². The summed E-state index contributed by atoms with van der Waals surface area (Å²) in [4.78, 5) is 9.68. The number of halogens is 1. The number of aryl methyl sites for hydroxylation is 1. The van der Waals surface area contributed by atoms with Crippen molar-refractivity contribution in [3.8, 4) is 0 Å². The minimum atomic E-state index is -0.395. The second-order valence-corrected chi connectivity index (χ2v) is 7.86. The average Bonchev–Trinajstić information content (AvgIpc) is 3.18. The molecule has 130 valence electrons. The van der Waals surface area contributed by atoms with Crippen molar-refractivity contribution in [2.24, 2.45) is 0 Å². The lowest BCUT2D eigenvalue weighted by molar-refractivity contribution is 0.165. The maximum atomic E-state index is 4.72. The van der Waals surface area contributed by atoms with E-state index in [2.05, 4.69) is 73.9 Å². The van der Waals surface area contributed by atoms with Gasteiger partial charge in [0.1, 0.15) is 0 Å². The first-order valence-electron chi connectivity index (χ1n) is 8.66. The van der Waals surface area contributed by atoms with Gasteiger partial charge in [-0.3, -0.25) is 15.2 Å². The number of nitrogens with zero attached hydrogens (tertiary/aromatic N) is 4. The van der Waals surface area contributed by atoms with Crippen LogP contribution in [0.3, 0.4) is 0 Å². The van der Waals surface area contributed by atoms with Gasteiger partial charge < -0.3 is 4.90 Å². The van der Waals surface area contributed by atoms with Crippen LogP contribution in [-0.2, 0) is 5.66 Å². The SMILES string of the molecule is Cc1ccc2c(c1)N1CN(Br)NC1(c1ccccn1)CN1CCNC21. The van der Waals surface area contributed by atoms with Crippen LogP contribution in [0.15, 0.2) is 42.6 Å². The van der Waals surface area contributed by atoms with Crippen molar-refractivity contribution in [3.05, 3.63) is 59.4 Å². The standard InChI is InChI=1S/C18H21BrN6/c1-13-5-6-14-15(10-13)24-12-25(19)22-18(24,16-4-2-3-7-20-16)11-23-9-8-21-17(14)23/h2-7,10,17,21-22H,8-9,11-12H2,1H3. The molecule has 2 atom stereocenters. The molecule has 7 heteroatoms. The van der Waals surface area contributed by atoms with E-state index in [9.17, 15) is 0 Å². The van der Waals surface area contributed by atoms with Crippen LogP contribution in [0.5, 0.6) is 0 Å². The fraction of sp³-hybridized carbons (Fsp3) is 0.389. The highest BCUT2D eigenvalue weighted by atomic mass is 79.9. The Kier molecular flexibility index (Phi) is 3.62. The van der Waals surface area contributed by atoms with Gasteiger partial charge in [-0.05, 0) is 30.7 Å². The van der Waals surface area contributed by atoms with Gasteiger partial charge in [0.15, 0.2) is 5.66 Å². The van der Waals surface area contributed by atoms with Crippen LogP contribution in [0.2, 0.25) is 0 Å². The lowest BCUT2D eigenvalue weighted by Gasteiger charge is -2.38. The van der Waals surface area contributed by atoms with Gasteiger partial charge in [0, 0.05) is 53.2 Å². The average molecular weight is 401 g/mol. The smallest absolute Gasteiger partial charge is 0.162 e. The third kappa shape index (κ3) is 2.34. The van der Waals surface area contributed by atoms with Crippen molar-refractivity contribution in [1.29, 1.82) is 0 Å². The number of rotatable bonds is 1. The predicted molar refractivity (Wildman–Crippen MR) is 101 cm³/mol. The number of hydrogen-bond donors (Lipinski definition) is 2. The maximum absolute atomic E-state index is 4.72. The summed E-state index contributed by atoms with van der Waals surface area (Å²) >= 11 is 3.65. The van der Waals surface area contributed by atoms with Crippen LogP contribution < -0.4 is 15.6 Å². The van der Waals surface area contributed by atoms with Crippen molar-refractivity contribution in [3.63, 3.8) is 0 Å². The lowest BCUT2D eigenvalue weighted by atomic mass is 10.0. The zero-order valence-corrected chi connectivity index (χ0v) is 15.7. The highest BCUT2D eigenvalue weighted by molar-refractivity contribution is 9.07. The zero-order valence-electron chi connectivity index (χ0n) is 14.1. The summed E-state index contributed by atoms with van der Waals surface area (Å²) in [5.41, 5.74) is 8.16. The van der Waals surface area contributed by atoms with E-state index >= 15 is 0 Å². The first kappa shape index (κ1) is 15.7. The van der Waals surface area contributed by atoms with E-state index in [0.717, 1.165) is 32.0 Å². The Morgan fingerprint density at radius 2 is 2.20 bits per heavy atom. The van der Waals surface area contributed by atoms with E-state index in [4.69, 9.17) is 4.98 Å². The van der Waals surface area contributed by atoms with Crippen molar-refractivity contribution in [2.75, 3.05) is 31.2 Å². The molecule has 2 fully saturated rings. The monoisotopic (exact) mass is 400 g/mol. The highest BCUT2D eigenvalue weighted by Gasteiger charge is 2.52. The third-order valence-electron chi connectivity index (χ3n) is 5.43. The third-order valence-corrected chi connectivity index (χ3v) is 5.83. The Hall–Kier alpha value is -1.51. The molecule has 0 radical (unpaired) electrons. The van der Waals surface area contributed by atoms with E-state index < -0.39 is 5.66 Å². The van der Waals surface area contributed by atoms with Crippen LogP contribution in [0.25, 0.3) is 0 Å². The van der Waals surface area contributed by atoms with Gasteiger partial charge in [-0.25, -0.2) is 5.43 Å². The molecule has 4 heterocycles. The molecular weight excluding hydrogens is 380 g/mol. The topological polar surface area (TPSA) is 46.7 Å². The summed E-state index contributed by atoms with van der Waals surface area (Å²) in [6.45, 7) is 5.80. The molecule has 1 aromatic heterocycles. The molecule has 0 saturated carbocycles. The molecule has 0 amide bonds. The number of pyridine rings is 1. The largest absolute Gasteiger partial charge is 0.330 e. The fourth-order valence-corrected chi connectivity index (χ4v) is 4.84. The first-order valence-corrected chi connectivity index (χ1v) is 9.37. The fourth-order valence-electron chi connectivity index (χ4n) is 4.32. The van der Waals surface area contributed by atoms with Crippen LogP contribution in [0.4, 0.5) is 5.69 Å². The van der Waals surface area contributed by atoms with Crippen LogP contribution in [-0.4, -0.2) is 40.2 Å². The summed E-state index contributed by atoms with van der Waals surface area (Å²) in [5, 5.41) is 3.67. The number of aromatic nitrogens is 1. The lowest BCUT2D eigenvalue weighted by Crippen LogP contribution is -2.56. The molecular formula is C18H21BrN6. The minimum Gasteiger partial charge on any atom is -0.330 e. The van der Waals surface area contributed by atoms with E-state index in [1.165, 1.54) is 16.8 Å². The van der Waals surface area contributed by atoms with Crippen LogP contribution in [0, 0.1) is 6.92 Å². The van der Waals surface area contributed by atoms with E-state index in [0.29, 0.717) is 0 Å². The zero-order chi connectivity index (χ0) is 17.0. The van der Waals surface area contributed by atoms with Gasteiger partial charge in [-0.15, -0.1) is 0 Å². The number of fused-ring (bicyclic) bond motifs is 5. The Balaban J connectivity index is 1.75. The molecule has 3 aliphatic rings. The maximum Gasteiger partial charge on any atom is 0.162 e. The molecule has 2 aromatic rings. The molecule has 5 rings (SSSR count). The molecule has 3 aliphatic heterocycles. The number of hydrazine groups is 1. The van der Waals surface area contributed by atoms with Gasteiger partial charge in [0.25, 0.3) is 0 Å². The number of benzene rings is 1. The van der Waals surface area contributed by atoms with Crippen molar-refractivity contribution in [2.45, 2.75) is 18.8 Å². The quantitative estimate of drug-likeness (QED) is 0.714. The van der Waals surface area contributed by atoms with E-state index in [1.54, 1.807) is 0 Å². The summed E-state index contributed by atoms with van der Waals surface area (Å²) in [6.07, 6.45) is 2.13. The number of anilines is 1. The van der Waals surface area contributed by atoms with Crippen molar-refractivity contribution in [1.82, 2.24) is 24.7 Å². The highest BCUT2D eigenvalue weighted by Crippen LogP contribution is 2.44. The summed E-state index contributed by atoms with van der Waals surface area (Å²) < 4.78 is 1.98. The molecule has 2 unspecified atom stereocenters. The molecule has 0 spiro atoms. The summed E-state index contributed by atoms with van der Waals surface area (Å²) in [7, 11) is 0. The molecule has 2 saturated heterocycles. The van der Waals surface area contributed by atoms with Gasteiger partial charge in [0.2, 0.25) is 0 Å². The molecule has 6 nitrogen and oxygen atoms in total. The Morgan fingerprint density at radius 1 is 1.28 bits per heavy atom. The molecule has 0 aliphatic carbocycles. The van der Waals surface area contributed by atoms with Gasteiger partial charge in [-0.2, -0.15) is 4.03 Å². The Labute approximate surface area is 156 Å². The van der Waals surface area contributed by atoms with Gasteiger partial charge in [-0.1, -0.05) is 18.2 Å². The van der Waals surface area contributed by atoms with E-state index in [-0.39, 0.29) is 6.17 Å². The van der Waals surface area contributed by atoms with Gasteiger partial charge >= 0.3 is 0 Å². The molecule has 2 N–H and O–H groups in total. The Morgan fingerprint density at radius 3 is 3.04 bits per heavy atom. The number of nitrogens with one attached hydrogen (secondary N) is 2. The molecule has 1 aromatic carbocycles. The molecule has 0 bridgehead atoms. The number of hydrogen-bond acceptors (Lipinski definition) is 6. The van der Waals surface area contributed by atoms with Crippen molar-refractivity contribution < 1.29 is 0 Å². The Bertz CT molecular complexity index is 799. The first-order chi connectivity index (χ1) is 12.2. The summed E-state index contributed by atoms with van der Waals surface area (Å²) in [6, 6.07) is 12.9.